The van der Waals surface area contributed by atoms with Gasteiger partial charge in [0.05, 0.1) is 6.73 Å². The van der Waals surface area contributed by atoms with E-state index in [4.69, 9.17) is 5.11 Å². The van der Waals surface area contributed by atoms with Crippen LogP contribution in [-0.4, -0.2) is 18.4 Å². The molecule has 0 aromatic heterocycles. The van der Waals surface area contributed by atoms with Crippen LogP contribution < -0.4 is 5.32 Å². The van der Waals surface area contributed by atoms with E-state index >= 15 is 0 Å². The summed E-state index contributed by atoms with van der Waals surface area (Å²) in [6, 6.07) is 6.66. The lowest BCUT2D eigenvalue weighted by Crippen LogP contribution is -2.18. The first-order valence-electron chi connectivity index (χ1n) is 5.56. The van der Waals surface area contributed by atoms with Gasteiger partial charge in [0.25, 0.3) is 0 Å². The van der Waals surface area contributed by atoms with Crippen molar-refractivity contribution in [3.05, 3.63) is 34.9 Å². The highest BCUT2D eigenvalue weighted by Crippen LogP contribution is 2.18. The van der Waals surface area contributed by atoms with Crippen molar-refractivity contribution in [1.82, 2.24) is 5.32 Å². The molecule has 0 spiro atoms. The molecular formula is C13H21NO. The third-order valence-corrected chi connectivity index (χ3v) is 2.72. The summed E-state index contributed by atoms with van der Waals surface area (Å²) < 4.78 is 0. The first kappa shape index (κ1) is 12.2. The smallest absolute Gasteiger partial charge is 0.0931 e. The van der Waals surface area contributed by atoms with Crippen molar-refractivity contribution in [2.75, 3.05) is 13.3 Å². The number of hydrogen-bond donors (Lipinski definition) is 2. The third kappa shape index (κ3) is 3.65. The molecular weight excluding hydrogens is 186 g/mol. The lowest BCUT2D eigenvalue weighted by Gasteiger charge is -2.11. The average molecular weight is 207 g/mol. The lowest BCUT2D eigenvalue weighted by atomic mass is 9.96. The number of aliphatic hydroxyl groups is 1. The Kier molecular flexibility index (Phi) is 4.79. The topological polar surface area (TPSA) is 32.3 Å². The van der Waals surface area contributed by atoms with Crippen molar-refractivity contribution >= 4 is 0 Å². The molecule has 0 unspecified atom stereocenters. The molecule has 0 bridgehead atoms. The van der Waals surface area contributed by atoms with Gasteiger partial charge >= 0.3 is 0 Å². The molecule has 1 aromatic carbocycles. The van der Waals surface area contributed by atoms with Gasteiger partial charge in [0, 0.05) is 6.54 Å². The summed E-state index contributed by atoms with van der Waals surface area (Å²) in [4.78, 5) is 0. The molecule has 2 nitrogen and oxygen atoms in total. The molecule has 0 atom stereocenters. The minimum Gasteiger partial charge on any atom is -0.381 e. The fourth-order valence-corrected chi connectivity index (χ4v) is 1.62. The molecule has 0 aliphatic rings. The van der Waals surface area contributed by atoms with Crippen molar-refractivity contribution in [2.45, 2.75) is 33.1 Å². The molecule has 0 saturated heterocycles. The molecule has 2 N–H and O–H groups in total. The van der Waals surface area contributed by atoms with E-state index in [1.165, 1.54) is 16.7 Å². The van der Waals surface area contributed by atoms with Crippen LogP contribution in [0, 0.1) is 6.92 Å². The second-order valence-corrected chi connectivity index (χ2v) is 4.25. The third-order valence-electron chi connectivity index (χ3n) is 2.72. The summed E-state index contributed by atoms with van der Waals surface area (Å²) in [5.41, 5.74) is 4.10. The van der Waals surface area contributed by atoms with Crippen LogP contribution in [0.25, 0.3) is 0 Å². The van der Waals surface area contributed by atoms with Gasteiger partial charge in [-0.1, -0.05) is 32.0 Å². The Morgan fingerprint density at radius 2 is 2.07 bits per heavy atom. The van der Waals surface area contributed by atoms with E-state index in [0.717, 1.165) is 13.0 Å². The van der Waals surface area contributed by atoms with Crippen LogP contribution in [-0.2, 0) is 6.42 Å². The summed E-state index contributed by atoms with van der Waals surface area (Å²) in [7, 11) is 0. The first-order valence-corrected chi connectivity index (χ1v) is 5.56. The minimum atomic E-state index is 0.0585. The van der Waals surface area contributed by atoms with Gasteiger partial charge in [-0.15, -0.1) is 0 Å². The summed E-state index contributed by atoms with van der Waals surface area (Å²) in [5, 5.41) is 11.6. The summed E-state index contributed by atoms with van der Waals surface area (Å²) in [6.45, 7) is 7.45. The number of hydrogen-bond acceptors (Lipinski definition) is 2. The van der Waals surface area contributed by atoms with Crippen LogP contribution in [0.15, 0.2) is 18.2 Å². The molecule has 0 radical (unpaired) electrons. The number of benzene rings is 1. The van der Waals surface area contributed by atoms with E-state index in [-0.39, 0.29) is 6.73 Å². The molecule has 0 heterocycles. The van der Waals surface area contributed by atoms with Gasteiger partial charge in [-0.3, -0.25) is 5.32 Å². The van der Waals surface area contributed by atoms with Crippen molar-refractivity contribution < 1.29 is 5.11 Å². The Morgan fingerprint density at radius 3 is 2.67 bits per heavy atom. The predicted molar refractivity (Wildman–Crippen MR) is 64.1 cm³/mol. The molecule has 0 saturated carbocycles. The number of rotatable bonds is 5. The number of aryl methyl sites for hydroxylation is 1. The van der Waals surface area contributed by atoms with Crippen molar-refractivity contribution in [3.8, 4) is 0 Å². The second kappa shape index (κ2) is 5.89. The largest absolute Gasteiger partial charge is 0.381 e. The van der Waals surface area contributed by atoms with Crippen LogP contribution in [0.5, 0.6) is 0 Å². The van der Waals surface area contributed by atoms with Crippen molar-refractivity contribution in [3.63, 3.8) is 0 Å². The van der Waals surface area contributed by atoms with E-state index in [9.17, 15) is 0 Å². The summed E-state index contributed by atoms with van der Waals surface area (Å²) >= 11 is 0. The number of aliphatic hydroxyl groups excluding tert-OH is 1. The predicted octanol–water partition coefficient (Wildman–Crippen LogP) is 2.20. The van der Waals surface area contributed by atoms with Crippen LogP contribution in [0.1, 0.15) is 36.5 Å². The summed E-state index contributed by atoms with van der Waals surface area (Å²) in [5.74, 6) is 0.579. The van der Waals surface area contributed by atoms with Crippen molar-refractivity contribution in [2.24, 2.45) is 0 Å². The van der Waals surface area contributed by atoms with Gasteiger partial charge in [-0.2, -0.15) is 0 Å². The van der Waals surface area contributed by atoms with E-state index < -0.39 is 0 Å². The van der Waals surface area contributed by atoms with Crippen LogP contribution >= 0.6 is 0 Å². The Bertz CT molecular complexity index is 307. The van der Waals surface area contributed by atoms with Gasteiger partial charge in [-0.25, -0.2) is 0 Å². The zero-order chi connectivity index (χ0) is 11.3. The van der Waals surface area contributed by atoms with Gasteiger partial charge in [-0.05, 0) is 36.0 Å². The number of nitrogens with one attached hydrogen (secondary N) is 1. The maximum absolute atomic E-state index is 8.65. The molecule has 2 heteroatoms. The zero-order valence-electron chi connectivity index (χ0n) is 9.88. The van der Waals surface area contributed by atoms with E-state index in [1.54, 1.807) is 0 Å². The highest BCUT2D eigenvalue weighted by molar-refractivity contribution is 5.32. The van der Waals surface area contributed by atoms with Gasteiger partial charge < -0.3 is 5.11 Å². The molecule has 1 aromatic rings. The van der Waals surface area contributed by atoms with Gasteiger partial charge in [0.2, 0.25) is 0 Å². The molecule has 0 aliphatic carbocycles. The minimum absolute atomic E-state index is 0.0585. The lowest BCUT2D eigenvalue weighted by molar-refractivity contribution is 0.262. The highest BCUT2D eigenvalue weighted by Gasteiger charge is 2.03. The quantitative estimate of drug-likeness (QED) is 0.573. The standard InChI is InChI=1S/C13H21NO/c1-10(2)12-5-4-11(3)13(8-12)6-7-14-9-15/h4-5,8,10,14-15H,6-7,9H2,1-3H3. The SMILES string of the molecule is Cc1ccc(C(C)C)cc1CCNCO. The molecule has 0 aliphatic heterocycles. The van der Waals surface area contributed by atoms with E-state index in [1.807, 2.05) is 0 Å². The Hall–Kier alpha value is -0.860. The Morgan fingerprint density at radius 1 is 1.33 bits per heavy atom. The van der Waals surface area contributed by atoms with E-state index in [0.29, 0.717) is 5.92 Å². The van der Waals surface area contributed by atoms with Crippen LogP contribution in [0.4, 0.5) is 0 Å². The fourth-order valence-electron chi connectivity index (χ4n) is 1.62. The molecule has 15 heavy (non-hydrogen) atoms. The monoisotopic (exact) mass is 207 g/mol. The average Bonchev–Trinajstić information content (AvgIpc) is 2.20. The maximum Gasteiger partial charge on any atom is 0.0931 e. The maximum atomic E-state index is 8.65. The zero-order valence-corrected chi connectivity index (χ0v) is 9.88. The van der Waals surface area contributed by atoms with Crippen molar-refractivity contribution in [1.29, 1.82) is 0 Å². The fraction of sp³-hybridized carbons (Fsp3) is 0.538. The first-order chi connectivity index (χ1) is 7.15. The molecule has 1 rings (SSSR count). The normalized spacial score (nSPS) is 11.0. The second-order valence-electron chi connectivity index (χ2n) is 4.25. The molecule has 84 valence electrons. The van der Waals surface area contributed by atoms with Crippen LogP contribution in [0.2, 0.25) is 0 Å². The van der Waals surface area contributed by atoms with E-state index in [2.05, 4.69) is 44.3 Å². The molecule has 0 fully saturated rings. The van der Waals surface area contributed by atoms with Gasteiger partial charge in [0.15, 0.2) is 0 Å². The summed E-state index contributed by atoms with van der Waals surface area (Å²) in [6.07, 6.45) is 0.979. The van der Waals surface area contributed by atoms with Crippen LogP contribution in [0.3, 0.4) is 0 Å². The molecule has 0 amide bonds. The van der Waals surface area contributed by atoms with Gasteiger partial charge in [0.1, 0.15) is 0 Å². The Labute approximate surface area is 92.3 Å². The highest BCUT2D eigenvalue weighted by atomic mass is 16.3. The Balaban J connectivity index is 2.72.